The Labute approximate surface area is 229 Å². The van der Waals surface area contributed by atoms with Gasteiger partial charge in [-0.1, -0.05) is 19.1 Å². The van der Waals surface area contributed by atoms with Crippen LogP contribution in [0.5, 0.6) is 0 Å². The van der Waals surface area contributed by atoms with Gasteiger partial charge in [-0.2, -0.15) is 0 Å². The van der Waals surface area contributed by atoms with Crippen molar-refractivity contribution in [2.24, 2.45) is 17.8 Å². The van der Waals surface area contributed by atoms with Crippen LogP contribution in [-0.2, 0) is 47.7 Å². The van der Waals surface area contributed by atoms with Crippen LogP contribution in [0.15, 0.2) is 23.3 Å². The molecule has 0 aromatic rings. The average molecular weight is 555 g/mol. The lowest BCUT2D eigenvalue weighted by molar-refractivity contribution is -0.179. The van der Waals surface area contributed by atoms with Gasteiger partial charge in [0.1, 0.15) is 18.8 Å². The predicted molar refractivity (Wildman–Crippen MR) is 139 cm³/mol. The normalized spacial score (nSPS) is 26.7. The molecular formula is C28H42O11. The van der Waals surface area contributed by atoms with E-state index in [4.69, 9.17) is 23.7 Å². The molecule has 0 fully saturated rings. The molecule has 0 aromatic carbocycles. The van der Waals surface area contributed by atoms with Crippen molar-refractivity contribution in [3.63, 3.8) is 0 Å². The lowest BCUT2D eigenvalue weighted by Crippen LogP contribution is -2.49. The van der Waals surface area contributed by atoms with Crippen molar-refractivity contribution in [3.05, 3.63) is 23.3 Å². The molecular weight excluding hydrogens is 512 g/mol. The van der Waals surface area contributed by atoms with Gasteiger partial charge in [0, 0.05) is 33.6 Å². The Morgan fingerprint density at radius 3 is 2.08 bits per heavy atom. The van der Waals surface area contributed by atoms with Crippen molar-refractivity contribution in [1.29, 1.82) is 0 Å². The van der Waals surface area contributed by atoms with E-state index in [0.717, 1.165) is 0 Å². The lowest BCUT2D eigenvalue weighted by atomic mass is 9.79. The molecule has 39 heavy (non-hydrogen) atoms. The smallest absolute Gasteiger partial charge is 0.313 e. The van der Waals surface area contributed by atoms with Crippen molar-refractivity contribution in [3.8, 4) is 0 Å². The molecule has 1 rings (SSSR count). The summed E-state index contributed by atoms with van der Waals surface area (Å²) < 4.78 is 27.1. The number of hydrogen-bond donors (Lipinski definition) is 1. The minimum Gasteiger partial charge on any atom is -0.466 e. The summed E-state index contributed by atoms with van der Waals surface area (Å²) in [5.74, 6) is -5.22. The highest BCUT2D eigenvalue weighted by Gasteiger charge is 2.43. The summed E-state index contributed by atoms with van der Waals surface area (Å²) in [7, 11) is 0. The van der Waals surface area contributed by atoms with Crippen LogP contribution in [0.2, 0.25) is 0 Å². The van der Waals surface area contributed by atoms with Gasteiger partial charge in [0.25, 0.3) is 0 Å². The van der Waals surface area contributed by atoms with E-state index < -0.39 is 72.0 Å². The standard InChI is InChI=1S/C28H42O11/c1-15-10-9-11-23(14-36-20(6)30)12-24(33)25(16(2)13-35-19(5)29)27(38-22(8)32)26(15)39-28(34)17(3)18(4)37-21(7)31/h10,12,16-18,24-27,33H,9,11,13-14H2,1-8H3/b15-10+,23-12-/t16?,17?,18?,24-,25-,26-,27-/m0/s1. The van der Waals surface area contributed by atoms with Crippen LogP contribution in [0.3, 0.4) is 0 Å². The molecule has 0 spiro atoms. The molecule has 0 aromatic heterocycles. The van der Waals surface area contributed by atoms with Crippen molar-refractivity contribution in [1.82, 2.24) is 0 Å². The summed E-state index contributed by atoms with van der Waals surface area (Å²) in [4.78, 5) is 59.7. The molecule has 1 aliphatic rings. The zero-order valence-corrected chi connectivity index (χ0v) is 24.1. The highest BCUT2D eigenvalue weighted by Crippen LogP contribution is 2.33. The molecule has 3 unspecified atom stereocenters. The first-order valence-corrected chi connectivity index (χ1v) is 13.0. The summed E-state index contributed by atoms with van der Waals surface area (Å²) in [6.45, 7) is 11.4. The van der Waals surface area contributed by atoms with E-state index in [2.05, 4.69) is 0 Å². The number of esters is 5. The van der Waals surface area contributed by atoms with E-state index in [-0.39, 0.29) is 13.2 Å². The zero-order chi connectivity index (χ0) is 29.9. The number of hydrogen-bond acceptors (Lipinski definition) is 11. The third kappa shape index (κ3) is 11.6. The number of ether oxygens (including phenoxy) is 5. The molecule has 7 atom stereocenters. The fraction of sp³-hybridized carbons (Fsp3) is 0.679. The summed E-state index contributed by atoms with van der Waals surface area (Å²) in [5, 5.41) is 11.4. The van der Waals surface area contributed by atoms with E-state index in [1.807, 2.05) is 6.08 Å². The van der Waals surface area contributed by atoms with Crippen molar-refractivity contribution in [2.45, 2.75) is 92.6 Å². The number of carbonyl (C=O) groups excluding carboxylic acids is 5. The molecule has 11 nitrogen and oxygen atoms in total. The number of allylic oxidation sites excluding steroid dienone is 1. The maximum absolute atomic E-state index is 13.2. The Bertz CT molecular complexity index is 951. The molecule has 0 radical (unpaired) electrons. The van der Waals surface area contributed by atoms with Gasteiger partial charge < -0.3 is 28.8 Å². The number of rotatable bonds is 10. The Balaban J connectivity index is 3.57. The number of carbonyl (C=O) groups is 5. The molecule has 11 heteroatoms. The Morgan fingerprint density at radius 2 is 1.54 bits per heavy atom. The first-order chi connectivity index (χ1) is 18.1. The first-order valence-electron chi connectivity index (χ1n) is 13.0. The number of aliphatic hydroxyl groups is 1. The lowest BCUT2D eigenvalue weighted by Gasteiger charge is -2.39. The van der Waals surface area contributed by atoms with Crippen molar-refractivity contribution < 1.29 is 52.8 Å². The molecule has 220 valence electrons. The van der Waals surface area contributed by atoms with Gasteiger partial charge in [0.05, 0.1) is 18.6 Å². The van der Waals surface area contributed by atoms with Crippen LogP contribution in [0.1, 0.15) is 68.2 Å². The first kappa shape index (κ1) is 33.8. The van der Waals surface area contributed by atoms with Crippen LogP contribution in [0.25, 0.3) is 0 Å². The second-order valence-corrected chi connectivity index (χ2v) is 9.97. The SMILES string of the molecule is CC(=O)OC/C1=C\[C@H](O)[C@H](C(C)COC(C)=O)[C@H](OC(C)=O)[C@@H](OC(=O)C(C)C(C)OC(C)=O)/C(C)=C/CC1. The molecule has 0 heterocycles. The van der Waals surface area contributed by atoms with Gasteiger partial charge in [0.15, 0.2) is 6.10 Å². The van der Waals surface area contributed by atoms with Gasteiger partial charge in [0.2, 0.25) is 0 Å². The van der Waals surface area contributed by atoms with E-state index in [1.165, 1.54) is 33.8 Å². The van der Waals surface area contributed by atoms with Crippen molar-refractivity contribution >= 4 is 29.8 Å². The Kier molecular flexibility index (Phi) is 13.9. The number of aliphatic hydroxyl groups excluding tert-OH is 1. The van der Waals surface area contributed by atoms with Crippen LogP contribution in [0.4, 0.5) is 0 Å². The molecule has 1 aliphatic carbocycles. The second-order valence-electron chi connectivity index (χ2n) is 9.97. The molecule has 1 N–H and O–H groups in total. The fourth-order valence-corrected chi connectivity index (χ4v) is 4.31. The maximum atomic E-state index is 13.2. The minimum absolute atomic E-state index is 0.0352. The van der Waals surface area contributed by atoms with Gasteiger partial charge in [-0.15, -0.1) is 0 Å². The quantitative estimate of drug-likeness (QED) is 0.241. The Morgan fingerprint density at radius 1 is 0.923 bits per heavy atom. The molecule has 0 saturated carbocycles. The molecule has 0 bridgehead atoms. The zero-order valence-electron chi connectivity index (χ0n) is 24.1. The van der Waals surface area contributed by atoms with Gasteiger partial charge in [-0.05, 0) is 50.7 Å². The molecule has 0 amide bonds. The highest BCUT2D eigenvalue weighted by atomic mass is 16.6. The second kappa shape index (κ2) is 16.0. The van der Waals surface area contributed by atoms with E-state index in [0.29, 0.717) is 24.0 Å². The third-order valence-corrected chi connectivity index (χ3v) is 6.50. The van der Waals surface area contributed by atoms with E-state index >= 15 is 0 Å². The highest BCUT2D eigenvalue weighted by molar-refractivity contribution is 5.74. The van der Waals surface area contributed by atoms with Crippen LogP contribution in [0, 0.1) is 17.8 Å². The summed E-state index contributed by atoms with van der Waals surface area (Å²) in [6.07, 6.45) is -0.0584. The van der Waals surface area contributed by atoms with E-state index in [1.54, 1.807) is 27.7 Å². The van der Waals surface area contributed by atoms with Crippen molar-refractivity contribution in [2.75, 3.05) is 13.2 Å². The Hall–Kier alpha value is -3.21. The summed E-state index contributed by atoms with van der Waals surface area (Å²) in [6, 6.07) is 0. The van der Waals surface area contributed by atoms with Gasteiger partial charge in [-0.25, -0.2) is 0 Å². The van der Waals surface area contributed by atoms with Crippen LogP contribution in [-0.4, -0.2) is 72.6 Å². The fourth-order valence-electron chi connectivity index (χ4n) is 4.31. The van der Waals surface area contributed by atoms with E-state index in [9.17, 15) is 29.1 Å². The third-order valence-electron chi connectivity index (χ3n) is 6.50. The topological polar surface area (TPSA) is 152 Å². The largest absolute Gasteiger partial charge is 0.466 e. The summed E-state index contributed by atoms with van der Waals surface area (Å²) in [5.41, 5.74) is 1.21. The average Bonchev–Trinajstić information content (AvgIpc) is 2.81. The van der Waals surface area contributed by atoms with Crippen LogP contribution >= 0.6 is 0 Å². The minimum atomic E-state index is -1.25. The van der Waals surface area contributed by atoms with Gasteiger partial charge >= 0.3 is 29.8 Å². The molecule has 0 aliphatic heterocycles. The van der Waals surface area contributed by atoms with Crippen LogP contribution < -0.4 is 0 Å². The maximum Gasteiger partial charge on any atom is 0.313 e. The molecule has 0 saturated heterocycles. The predicted octanol–water partition coefficient (Wildman–Crippen LogP) is 2.82. The summed E-state index contributed by atoms with van der Waals surface area (Å²) >= 11 is 0. The van der Waals surface area contributed by atoms with Gasteiger partial charge in [-0.3, -0.25) is 24.0 Å². The monoisotopic (exact) mass is 554 g/mol.